The molecule has 4 amide bonds. The maximum atomic E-state index is 13.2. The molecular formula is C25H37N5O16. The maximum absolute atomic E-state index is 13.2. The summed E-state index contributed by atoms with van der Waals surface area (Å²) in [6.07, 6.45) is -6.07. The quantitative estimate of drug-likeness (QED) is 0.0480. The zero-order chi connectivity index (χ0) is 35.6. The first-order valence-electron chi connectivity index (χ1n) is 13.6. The fourth-order valence-electron chi connectivity index (χ4n) is 3.64. The van der Waals surface area contributed by atoms with Crippen molar-refractivity contribution >= 4 is 59.4 Å². The molecular weight excluding hydrogens is 626 g/mol. The summed E-state index contributed by atoms with van der Waals surface area (Å²) in [7, 11) is 0. The molecule has 0 saturated carbocycles. The molecule has 0 aromatic heterocycles. The van der Waals surface area contributed by atoms with Crippen LogP contribution in [0.3, 0.4) is 0 Å². The Hall–Kier alpha value is -5.34. The topological polar surface area (TPSA) is 366 Å². The molecule has 0 unspecified atom stereocenters. The van der Waals surface area contributed by atoms with E-state index in [0.717, 1.165) is 0 Å². The molecule has 0 rings (SSSR count). The average molecular weight is 664 g/mol. The highest BCUT2D eigenvalue weighted by molar-refractivity contribution is 5.96. The highest BCUT2D eigenvalue weighted by Crippen LogP contribution is 2.08. The number of aliphatic carboxylic acids is 6. The molecule has 0 aromatic carbocycles. The van der Waals surface area contributed by atoms with Crippen LogP contribution in [0.15, 0.2) is 0 Å². The summed E-state index contributed by atoms with van der Waals surface area (Å²) >= 11 is 0. The highest BCUT2D eigenvalue weighted by atomic mass is 16.4. The van der Waals surface area contributed by atoms with E-state index >= 15 is 0 Å². The van der Waals surface area contributed by atoms with Gasteiger partial charge in [-0.2, -0.15) is 0 Å². The highest BCUT2D eigenvalue weighted by Gasteiger charge is 2.32. The van der Waals surface area contributed by atoms with Crippen LogP contribution in [-0.4, -0.2) is 120 Å². The predicted octanol–water partition coefficient (Wildman–Crippen LogP) is -3.34. The molecule has 0 bridgehead atoms. The lowest BCUT2D eigenvalue weighted by atomic mass is 10.0. The standard InChI is InChI=1S/C25H37N5O16/c26-11(1-6-16(31)32)21(41)27-12(2-7-17(33)34)22(42)28-13(3-8-18(35)36)23(43)29-14(4-9-19(37)38)24(44)30-15(25(45)46)5-10-20(39)40/h11-15H,1-10,26H2,(H,27,41)(H,28,42)(H,29,43)(H,30,44)(H,31,32)(H,33,34)(H,35,36)(H,37,38)(H,39,40)(H,45,46)/t11-,12-,13-,14-,15-/m1/s1. The van der Waals surface area contributed by atoms with Gasteiger partial charge in [0.1, 0.15) is 24.2 Å². The van der Waals surface area contributed by atoms with Gasteiger partial charge in [-0.05, 0) is 32.1 Å². The molecule has 0 fully saturated rings. The molecule has 12 N–H and O–H groups in total. The summed E-state index contributed by atoms with van der Waals surface area (Å²) in [6.45, 7) is 0. The van der Waals surface area contributed by atoms with Gasteiger partial charge in [-0.3, -0.25) is 43.2 Å². The van der Waals surface area contributed by atoms with Crippen molar-refractivity contribution in [1.82, 2.24) is 21.3 Å². The molecule has 258 valence electrons. The molecule has 0 spiro atoms. The number of hydrogen-bond acceptors (Lipinski definition) is 11. The minimum Gasteiger partial charge on any atom is -0.481 e. The Morgan fingerprint density at radius 3 is 0.913 bits per heavy atom. The summed E-state index contributed by atoms with van der Waals surface area (Å²) in [5.74, 6) is -13.3. The van der Waals surface area contributed by atoms with E-state index in [9.17, 15) is 53.1 Å². The van der Waals surface area contributed by atoms with Crippen LogP contribution in [-0.2, 0) is 47.9 Å². The summed E-state index contributed by atoms with van der Waals surface area (Å²) < 4.78 is 0. The van der Waals surface area contributed by atoms with E-state index < -0.39 is 147 Å². The van der Waals surface area contributed by atoms with Crippen molar-refractivity contribution in [2.75, 3.05) is 0 Å². The van der Waals surface area contributed by atoms with Crippen molar-refractivity contribution in [3.05, 3.63) is 0 Å². The lowest BCUT2D eigenvalue weighted by Gasteiger charge is -2.26. The molecule has 5 atom stereocenters. The predicted molar refractivity (Wildman–Crippen MR) is 148 cm³/mol. The molecule has 0 aromatic rings. The van der Waals surface area contributed by atoms with E-state index in [4.69, 9.17) is 31.3 Å². The Balaban J connectivity index is 6.07. The van der Waals surface area contributed by atoms with Gasteiger partial charge in [0.25, 0.3) is 0 Å². The number of nitrogens with one attached hydrogen (secondary N) is 4. The number of carboxylic acid groups (broad SMARTS) is 6. The number of rotatable bonds is 24. The zero-order valence-corrected chi connectivity index (χ0v) is 24.3. The second-order valence-corrected chi connectivity index (χ2v) is 9.85. The van der Waals surface area contributed by atoms with E-state index in [0.29, 0.717) is 0 Å². The SMILES string of the molecule is N[C@H](CCC(=O)O)C(=O)N[C@H](CCC(=O)O)C(=O)N[C@H](CCC(=O)O)C(=O)N[C@H](CCC(=O)O)C(=O)N[C@H](CCC(=O)O)C(=O)O. The first-order chi connectivity index (χ1) is 21.3. The molecule has 21 heteroatoms. The van der Waals surface area contributed by atoms with Gasteiger partial charge in [0, 0.05) is 32.1 Å². The molecule has 0 aliphatic carbocycles. The second kappa shape index (κ2) is 20.6. The molecule has 0 aliphatic rings. The third-order valence-electron chi connectivity index (χ3n) is 6.11. The van der Waals surface area contributed by atoms with Crippen molar-refractivity contribution in [2.24, 2.45) is 5.73 Å². The van der Waals surface area contributed by atoms with Gasteiger partial charge in [-0.15, -0.1) is 0 Å². The lowest BCUT2D eigenvalue weighted by Crippen LogP contribution is -2.58. The van der Waals surface area contributed by atoms with E-state index in [1.54, 1.807) is 0 Å². The molecule has 0 aliphatic heterocycles. The number of hydrogen-bond donors (Lipinski definition) is 11. The third-order valence-corrected chi connectivity index (χ3v) is 6.11. The largest absolute Gasteiger partial charge is 0.481 e. The van der Waals surface area contributed by atoms with Gasteiger partial charge < -0.3 is 57.6 Å². The van der Waals surface area contributed by atoms with Gasteiger partial charge in [0.05, 0.1) is 6.04 Å². The van der Waals surface area contributed by atoms with Crippen molar-refractivity contribution in [1.29, 1.82) is 0 Å². The number of carbonyl (C=O) groups is 10. The van der Waals surface area contributed by atoms with Crippen LogP contribution in [0, 0.1) is 0 Å². The summed E-state index contributed by atoms with van der Waals surface area (Å²) in [5, 5.41) is 62.4. The van der Waals surface area contributed by atoms with Crippen molar-refractivity contribution in [3.8, 4) is 0 Å². The van der Waals surface area contributed by atoms with E-state index in [-0.39, 0.29) is 6.42 Å². The Labute approximate surface area is 259 Å². The van der Waals surface area contributed by atoms with Gasteiger partial charge in [0.2, 0.25) is 23.6 Å². The molecule has 0 heterocycles. The Bertz CT molecular complexity index is 1180. The minimum atomic E-state index is -1.78. The fourth-order valence-corrected chi connectivity index (χ4v) is 3.64. The van der Waals surface area contributed by atoms with E-state index in [1.165, 1.54) is 0 Å². The van der Waals surface area contributed by atoms with Crippen LogP contribution < -0.4 is 27.0 Å². The van der Waals surface area contributed by atoms with Crippen LogP contribution in [0.2, 0.25) is 0 Å². The summed E-state index contributed by atoms with van der Waals surface area (Å²) in [5.41, 5.74) is 5.62. The fraction of sp³-hybridized carbons (Fsp3) is 0.600. The van der Waals surface area contributed by atoms with Crippen LogP contribution in [0.1, 0.15) is 64.2 Å². The van der Waals surface area contributed by atoms with Crippen LogP contribution in [0.4, 0.5) is 0 Å². The number of carboxylic acids is 6. The number of carbonyl (C=O) groups excluding carboxylic acids is 4. The first kappa shape index (κ1) is 40.7. The Kier molecular flexibility index (Phi) is 18.2. The summed E-state index contributed by atoms with van der Waals surface area (Å²) in [6, 6.07) is -8.40. The Morgan fingerprint density at radius 2 is 0.630 bits per heavy atom. The van der Waals surface area contributed by atoms with Crippen LogP contribution in [0.5, 0.6) is 0 Å². The molecule has 0 saturated heterocycles. The third kappa shape index (κ3) is 17.7. The zero-order valence-electron chi connectivity index (χ0n) is 24.3. The normalized spacial score (nSPS) is 13.8. The van der Waals surface area contributed by atoms with Crippen LogP contribution >= 0.6 is 0 Å². The minimum absolute atomic E-state index is 0.350. The van der Waals surface area contributed by atoms with Gasteiger partial charge in [-0.25, -0.2) is 4.79 Å². The van der Waals surface area contributed by atoms with Gasteiger partial charge >= 0.3 is 35.8 Å². The summed E-state index contributed by atoms with van der Waals surface area (Å²) in [4.78, 5) is 118. The van der Waals surface area contributed by atoms with Crippen molar-refractivity contribution in [3.63, 3.8) is 0 Å². The van der Waals surface area contributed by atoms with Crippen molar-refractivity contribution < 1.29 is 78.6 Å². The first-order valence-corrected chi connectivity index (χ1v) is 13.6. The van der Waals surface area contributed by atoms with Gasteiger partial charge in [-0.1, -0.05) is 0 Å². The lowest BCUT2D eigenvalue weighted by molar-refractivity contribution is -0.144. The van der Waals surface area contributed by atoms with E-state index in [2.05, 4.69) is 16.0 Å². The average Bonchev–Trinajstić information content (AvgIpc) is 2.94. The van der Waals surface area contributed by atoms with Crippen molar-refractivity contribution in [2.45, 2.75) is 94.4 Å². The monoisotopic (exact) mass is 663 g/mol. The van der Waals surface area contributed by atoms with Crippen LogP contribution in [0.25, 0.3) is 0 Å². The molecule has 0 radical (unpaired) electrons. The number of nitrogens with two attached hydrogens (primary N) is 1. The Morgan fingerprint density at radius 1 is 0.391 bits per heavy atom. The maximum Gasteiger partial charge on any atom is 0.326 e. The van der Waals surface area contributed by atoms with Gasteiger partial charge in [0.15, 0.2) is 0 Å². The second-order valence-electron chi connectivity index (χ2n) is 9.85. The molecule has 21 nitrogen and oxygen atoms in total. The molecule has 46 heavy (non-hydrogen) atoms. The smallest absolute Gasteiger partial charge is 0.326 e. The van der Waals surface area contributed by atoms with E-state index in [1.807, 2.05) is 5.32 Å². The number of amides is 4.